The van der Waals surface area contributed by atoms with Crippen molar-refractivity contribution in [2.75, 3.05) is 0 Å². The van der Waals surface area contributed by atoms with E-state index in [0.717, 1.165) is 48.0 Å². The number of Topliss-reactive ketones (excluding diaryl/α,β-unsaturated/α-hetero) is 1. The number of hydrogen-bond acceptors (Lipinski definition) is 3. The van der Waals surface area contributed by atoms with Gasteiger partial charge in [0.05, 0.1) is 11.1 Å². The number of aliphatic hydroxyl groups excluding tert-OH is 1. The van der Waals surface area contributed by atoms with Gasteiger partial charge in [0, 0.05) is 6.21 Å². The third-order valence-electron chi connectivity index (χ3n) is 5.38. The molecule has 3 nitrogen and oxygen atoms in total. The van der Waals surface area contributed by atoms with Gasteiger partial charge in [0.1, 0.15) is 5.76 Å². The van der Waals surface area contributed by atoms with Crippen LogP contribution in [0.4, 0.5) is 0 Å². The second kappa shape index (κ2) is 20.8. The number of hydrogen-bond donors (Lipinski definition) is 1. The molecular formula is C31H49NO2U. The maximum absolute atomic E-state index is 11.9. The molecule has 1 aliphatic heterocycles. The quantitative estimate of drug-likeness (QED) is 0.203. The summed E-state index contributed by atoms with van der Waals surface area (Å²) in [6.45, 7) is 29.7. The van der Waals surface area contributed by atoms with E-state index in [4.69, 9.17) is 11.6 Å². The number of allylic oxidation sites excluding steroid dienone is 7. The van der Waals surface area contributed by atoms with Crippen molar-refractivity contribution in [3.8, 4) is 0 Å². The minimum absolute atomic E-state index is 0. The molecule has 0 amide bonds. The minimum atomic E-state index is -0.556. The van der Waals surface area contributed by atoms with Crippen LogP contribution in [0.25, 0.3) is 0 Å². The summed E-state index contributed by atoms with van der Waals surface area (Å²) >= 11 is 0. The van der Waals surface area contributed by atoms with Crippen LogP contribution in [-0.2, 0) is 4.79 Å². The third kappa shape index (κ3) is 11.9. The Morgan fingerprint density at radius 3 is 2.11 bits per heavy atom. The van der Waals surface area contributed by atoms with Crippen LogP contribution in [0.2, 0.25) is 0 Å². The van der Waals surface area contributed by atoms with Crippen molar-refractivity contribution in [1.29, 1.82) is 0 Å². The normalized spacial score (nSPS) is 19.2. The largest absolute Gasteiger partial charge is 2.00 e. The molecule has 1 N–H and O–H groups in total. The van der Waals surface area contributed by atoms with Gasteiger partial charge in [0.2, 0.25) is 0 Å². The molecule has 1 unspecified atom stereocenters. The Morgan fingerprint density at radius 2 is 1.74 bits per heavy atom. The van der Waals surface area contributed by atoms with Gasteiger partial charge in [0.15, 0.2) is 5.78 Å². The predicted octanol–water partition coefficient (Wildman–Crippen LogP) is 9.06. The molecule has 4 heteroatoms. The van der Waals surface area contributed by atoms with E-state index in [1.54, 1.807) is 12.2 Å². The second-order valence-electron chi connectivity index (χ2n) is 8.02. The summed E-state index contributed by atoms with van der Waals surface area (Å²) in [6.07, 6.45) is 14.6. The van der Waals surface area contributed by atoms with E-state index in [0.29, 0.717) is 5.92 Å². The zero-order chi connectivity index (χ0) is 26.9. The van der Waals surface area contributed by atoms with Crippen LogP contribution in [0, 0.1) is 49.7 Å². The van der Waals surface area contributed by atoms with Gasteiger partial charge < -0.3 is 17.8 Å². The molecular weight excluding hydrogens is 656 g/mol. The molecule has 1 fully saturated rings. The standard InChI is InChI=1S/C24H29NO2.C3H8.2C2H6.U/c1-7-10-11-20(16(4)18-12-13-18)19(8-2)22-14-23(27)21(17(5)26)15-25-24(22,6)9-3;1-3-2;2*1-2;/h1,7,10,14-15,18,27H,4,8-9,12-13H2,2-3,5-6H3;3H2,1-2H3;2*1-2H3;/q-2;;;;+2/b20-19+;;;;. The molecule has 2 rings (SSSR count). The predicted molar refractivity (Wildman–Crippen MR) is 150 cm³/mol. The van der Waals surface area contributed by atoms with E-state index >= 15 is 0 Å². The van der Waals surface area contributed by atoms with E-state index in [1.807, 2.05) is 34.6 Å². The fraction of sp³-hybridized carbons (Fsp3) is 0.548. The van der Waals surface area contributed by atoms with Gasteiger partial charge in [-0.1, -0.05) is 92.6 Å². The fourth-order valence-corrected chi connectivity index (χ4v) is 3.32. The number of aliphatic imine (C=N–C) groups is 1. The minimum Gasteiger partial charge on any atom is -0.507 e. The molecule has 1 atom stereocenters. The Morgan fingerprint density at radius 1 is 1.23 bits per heavy atom. The summed E-state index contributed by atoms with van der Waals surface area (Å²) in [5.41, 5.74) is 3.59. The van der Waals surface area contributed by atoms with Crippen molar-refractivity contribution < 1.29 is 41.0 Å². The molecule has 0 saturated heterocycles. The first-order valence-electron chi connectivity index (χ1n) is 13.0. The maximum atomic E-state index is 11.9. The van der Waals surface area contributed by atoms with E-state index < -0.39 is 5.54 Å². The number of aliphatic hydroxyl groups is 1. The Bertz CT molecular complexity index is 823. The third-order valence-corrected chi connectivity index (χ3v) is 5.38. The van der Waals surface area contributed by atoms with Crippen molar-refractivity contribution in [3.63, 3.8) is 0 Å². The molecule has 0 aromatic carbocycles. The molecule has 1 heterocycles. The van der Waals surface area contributed by atoms with Crippen molar-refractivity contribution in [3.05, 3.63) is 71.1 Å². The maximum Gasteiger partial charge on any atom is 2.00 e. The van der Waals surface area contributed by atoms with Crippen molar-refractivity contribution in [2.24, 2.45) is 10.9 Å². The number of nitrogens with zero attached hydrogens (tertiary/aromatic N) is 1. The summed E-state index contributed by atoms with van der Waals surface area (Å²) in [5, 5.41) is 10.6. The van der Waals surface area contributed by atoms with Gasteiger partial charge in [-0.15, -0.1) is 17.7 Å². The van der Waals surface area contributed by atoms with Gasteiger partial charge in [-0.25, -0.2) is 6.08 Å². The average molecular weight is 706 g/mol. The van der Waals surface area contributed by atoms with Gasteiger partial charge in [-0.2, -0.15) is 5.57 Å². The number of carbonyl (C=O) groups is 1. The van der Waals surface area contributed by atoms with Crippen LogP contribution in [0.5, 0.6) is 0 Å². The Balaban J connectivity index is -0.00000116. The van der Waals surface area contributed by atoms with Crippen LogP contribution in [0.15, 0.2) is 63.4 Å². The molecule has 0 spiro atoms. The molecule has 194 valence electrons. The van der Waals surface area contributed by atoms with Crippen molar-refractivity contribution in [1.82, 2.24) is 0 Å². The first kappa shape index (κ1) is 38.2. The number of ketones is 1. The average Bonchev–Trinajstić information content (AvgIpc) is 3.69. The van der Waals surface area contributed by atoms with Crippen LogP contribution >= 0.6 is 0 Å². The van der Waals surface area contributed by atoms with Crippen LogP contribution in [-0.4, -0.2) is 22.6 Å². The summed E-state index contributed by atoms with van der Waals surface area (Å²) in [4.78, 5) is 16.6. The Labute approximate surface area is 240 Å². The van der Waals surface area contributed by atoms with E-state index in [1.165, 1.54) is 25.6 Å². The van der Waals surface area contributed by atoms with Crippen LogP contribution in [0.3, 0.4) is 0 Å². The smallest absolute Gasteiger partial charge is 0.507 e. The zero-order valence-electron chi connectivity index (χ0n) is 24.0. The van der Waals surface area contributed by atoms with Crippen LogP contribution < -0.4 is 0 Å². The molecule has 2 aliphatic rings. The van der Waals surface area contributed by atoms with Crippen molar-refractivity contribution in [2.45, 2.75) is 107 Å². The van der Waals surface area contributed by atoms with E-state index in [2.05, 4.69) is 40.3 Å². The summed E-state index contributed by atoms with van der Waals surface area (Å²) < 4.78 is 0. The topological polar surface area (TPSA) is 49.7 Å². The second-order valence-corrected chi connectivity index (χ2v) is 8.02. The molecule has 1 aliphatic carbocycles. The van der Waals surface area contributed by atoms with Crippen LogP contribution in [0.1, 0.15) is 101 Å². The number of rotatable bonds is 8. The molecule has 0 aromatic heterocycles. The van der Waals surface area contributed by atoms with Gasteiger partial charge in [-0.3, -0.25) is 15.9 Å². The number of carbonyl (C=O) groups excluding carboxylic acids is 1. The van der Waals surface area contributed by atoms with Gasteiger partial charge in [-0.05, 0) is 26.3 Å². The van der Waals surface area contributed by atoms with Gasteiger partial charge >= 0.3 is 31.1 Å². The van der Waals surface area contributed by atoms with E-state index in [-0.39, 0.29) is 48.2 Å². The first-order valence-corrected chi connectivity index (χ1v) is 13.0. The van der Waals surface area contributed by atoms with Gasteiger partial charge in [0.25, 0.3) is 0 Å². The molecule has 0 bridgehead atoms. The Kier molecular flexibility index (Phi) is 22.7. The molecule has 1 saturated carbocycles. The summed E-state index contributed by atoms with van der Waals surface area (Å²) in [5.74, 6) is 0.219. The van der Waals surface area contributed by atoms with E-state index in [9.17, 15) is 9.90 Å². The first-order chi connectivity index (χ1) is 16.2. The SMILES string of the molecule is CC.CC.CCC.[CH-]=CC=[C-]/C(C(=C)C1CC1)=C(/CC)C1=CC(O)=C(C(C)=O)C=NC1(C)CC.[U+2]. The zero-order valence-corrected chi connectivity index (χ0v) is 28.2. The Hall–Kier alpha value is -1.37. The summed E-state index contributed by atoms with van der Waals surface area (Å²) in [7, 11) is 0. The molecule has 0 radical (unpaired) electrons. The fourth-order valence-electron chi connectivity index (χ4n) is 3.32. The van der Waals surface area contributed by atoms with Crippen molar-refractivity contribution >= 4 is 12.0 Å². The summed E-state index contributed by atoms with van der Waals surface area (Å²) in [6, 6.07) is 0. The monoisotopic (exact) mass is 705 g/mol. The molecule has 0 aromatic rings. The molecule has 35 heavy (non-hydrogen) atoms.